The molecule has 0 unspecified atom stereocenters. The first-order valence-electron chi connectivity index (χ1n) is 6.22. The Morgan fingerprint density at radius 1 is 1.26 bits per heavy atom. The van der Waals surface area contributed by atoms with Crippen LogP contribution in [-0.4, -0.2) is 21.0 Å². The summed E-state index contributed by atoms with van der Waals surface area (Å²) >= 11 is 7.04. The number of hydrogen-bond donors (Lipinski definition) is 3. The van der Waals surface area contributed by atoms with E-state index in [-0.39, 0.29) is 22.2 Å². The number of non-ortho nitro benzene ring substituents is 1. The normalized spacial score (nSPS) is 9.96. The molecule has 0 aliphatic heterocycles. The van der Waals surface area contributed by atoms with Gasteiger partial charge in [-0.3, -0.25) is 20.2 Å². The van der Waals surface area contributed by atoms with Crippen LogP contribution in [0, 0.1) is 13.7 Å². The van der Waals surface area contributed by atoms with Crippen molar-refractivity contribution < 1.29 is 14.8 Å². The Hall–Kier alpha value is -2.27. The molecule has 0 heterocycles. The first kappa shape index (κ1) is 17.1. The minimum Gasteiger partial charge on any atom is -0.506 e. The number of thiocarbonyl (C=S) groups is 1. The maximum Gasteiger partial charge on any atom is 0.273 e. The van der Waals surface area contributed by atoms with Gasteiger partial charge in [0.1, 0.15) is 5.75 Å². The van der Waals surface area contributed by atoms with E-state index in [2.05, 4.69) is 10.6 Å². The van der Waals surface area contributed by atoms with Crippen LogP contribution in [0.5, 0.6) is 5.75 Å². The maximum atomic E-state index is 12.1. The summed E-state index contributed by atoms with van der Waals surface area (Å²) in [5.74, 6) is -0.737. The summed E-state index contributed by atoms with van der Waals surface area (Å²) in [6.45, 7) is 0. The van der Waals surface area contributed by atoms with Crippen LogP contribution in [0.4, 0.5) is 11.4 Å². The van der Waals surface area contributed by atoms with Crippen molar-refractivity contribution in [1.82, 2.24) is 5.32 Å². The van der Waals surface area contributed by atoms with Crippen molar-refractivity contribution in [2.75, 3.05) is 5.32 Å². The zero-order valence-electron chi connectivity index (χ0n) is 11.4. The van der Waals surface area contributed by atoms with Gasteiger partial charge >= 0.3 is 0 Å². The molecular weight excluding hydrogens is 433 g/mol. The summed E-state index contributed by atoms with van der Waals surface area (Å²) in [5, 5.41) is 25.4. The lowest BCUT2D eigenvalue weighted by molar-refractivity contribution is -0.384. The van der Waals surface area contributed by atoms with Crippen molar-refractivity contribution in [3.05, 3.63) is 61.7 Å². The van der Waals surface area contributed by atoms with E-state index in [1.165, 1.54) is 12.1 Å². The quantitative estimate of drug-likeness (QED) is 0.222. The Kier molecular flexibility index (Phi) is 5.45. The number of benzene rings is 2. The van der Waals surface area contributed by atoms with E-state index >= 15 is 0 Å². The number of hydrogen-bond acceptors (Lipinski definition) is 5. The van der Waals surface area contributed by atoms with Crippen LogP contribution in [0.2, 0.25) is 0 Å². The zero-order valence-corrected chi connectivity index (χ0v) is 14.4. The molecule has 23 heavy (non-hydrogen) atoms. The lowest BCUT2D eigenvalue weighted by Crippen LogP contribution is -2.34. The van der Waals surface area contributed by atoms with Gasteiger partial charge in [-0.2, -0.15) is 0 Å². The van der Waals surface area contributed by atoms with Gasteiger partial charge < -0.3 is 10.4 Å². The molecule has 3 N–H and O–H groups in total. The maximum absolute atomic E-state index is 12.1. The second kappa shape index (κ2) is 7.33. The molecule has 0 saturated heterocycles. The predicted octanol–water partition coefficient (Wildman–Crippen LogP) is 3.03. The van der Waals surface area contributed by atoms with Gasteiger partial charge in [-0.25, -0.2) is 0 Å². The van der Waals surface area contributed by atoms with Gasteiger partial charge in [-0.15, -0.1) is 0 Å². The summed E-state index contributed by atoms with van der Waals surface area (Å²) in [6, 6.07) is 10.5. The first-order chi connectivity index (χ1) is 10.9. The first-order valence-corrected chi connectivity index (χ1v) is 7.71. The number of carbonyl (C=O) groups excluding carboxylic acids is 1. The van der Waals surface area contributed by atoms with Gasteiger partial charge in [0.05, 0.1) is 22.2 Å². The van der Waals surface area contributed by atoms with E-state index in [4.69, 9.17) is 12.2 Å². The van der Waals surface area contributed by atoms with Gasteiger partial charge in [0, 0.05) is 9.64 Å². The van der Waals surface area contributed by atoms with E-state index in [9.17, 15) is 20.0 Å². The molecule has 9 heteroatoms. The number of nitro benzene ring substituents is 1. The van der Waals surface area contributed by atoms with Gasteiger partial charge in [-0.05, 0) is 53.0 Å². The number of nitrogens with one attached hydrogen (secondary N) is 2. The van der Waals surface area contributed by atoms with E-state index < -0.39 is 10.8 Å². The molecule has 0 radical (unpaired) electrons. The van der Waals surface area contributed by atoms with Crippen molar-refractivity contribution >= 4 is 57.2 Å². The van der Waals surface area contributed by atoms with E-state index in [1.807, 2.05) is 28.7 Å². The lowest BCUT2D eigenvalue weighted by atomic mass is 10.2. The van der Waals surface area contributed by atoms with Gasteiger partial charge in [0.15, 0.2) is 5.11 Å². The van der Waals surface area contributed by atoms with Crippen LogP contribution in [0.1, 0.15) is 10.4 Å². The zero-order chi connectivity index (χ0) is 17.0. The fraction of sp³-hybridized carbons (Fsp3) is 0. The number of nitrogens with zero attached hydrogens (tertiary/aromatic N) is 1. The van der Waals surface area contributed by atoms with Crippen LogP contribution < -0.4 is 10.6 Å². The highest BCUT2D eigenvalue weighted by atomic mass is 127. The minimum absolute atomic E-state index is 0.0289. The molecule has 0 saturated carbocycles. The molecule has 0 fully saturated rings. The van der Waals surface area contributed by atoms with Gasteiger partial charge in [-0.1, -0.05) is 12.1 Å². The third-order valence-corrected chi connectivity index (χ3v) is 3.93. The number of nitro groups is 1. The molecule has 2 rings (SSSR count). The van der Waals surface area contributed by atoms with Crippen LogP contribution in [-0.2, 0) is 0 Å². The number of phenolic OH excluding ortho intramolecular Hbond substituents is 1. The Labute approximate surface area is 150 Å². The Balaban J connectivity index is 2.07. The van der Waals surface area contributed by atoms with E-state index in [0.717, 1.165) is 9.64 Å². The molecule has 2 aromatic rings. The number of rotatable bonds is 3. The van der Waals surface area contributed by atoms with Crippen molar-refractivity contribution in [2.24, 2.45) is 0 Å². The Morgan fingerprint density at radius 3 is 2.57 bits per heavy atom. The summed E-state index contributed by atoms with van der Waals surface area (Å²) in [7, 11) is 0. The van der Waals surface area contributed by atoms with Crippen molar-refractivity contribution in [3.8, 4) is 5.75 Å². The molecule has 0 aliphatic carbocycles. The summed E-state index contributed by atoms with van der Waals surface area (Å²) in [5.41, 5.74) is 0.371. The Morgan fingerprint density at radius 2 is 1.96 bits per heavy atom. The number of halogens is 1. The number of anilines is 1. The van der Waals surface area contributed by atoms with Gasteiger partial charge in [0.2, 0.25) is 0 Å². The second-order valence-electron chi connectivity index (χ2n) is 4.35. The van der Waals surface area contributed by atoms with E-state index in [0.29, 0.717) is 5.56 Å². The van der Waals surface area contributed by atoms with E-state index in [1.54, 1.807) is 18.2 Å². The molecule has 0 spiro atoms. The average molecular weight is 443 g/mol. The highest BCUT2D eigenvalue weighted by molar-refractivity contribution is 14.1. The summed E-state index contributed by atoms with van der Waals surface area (Å²) in [4.78, 5) is 22.1. The van der Waals surface area contributed by atoms with Crippen molar-refractivity contribution in [2.45, 2.75) is 0 Å². The third kappa shape index (κ3) is 4.36. The smallest absolute Gasteiger partial charge is 0.273 e. The monoisotopic (exact) mass is 443 g/mol. The molecule has 2 aromatic carbocycles. The lowest BCUT2D eigenvalue weighted by Gasteiger charge is -2.11. The molecule has 0 bridgehead atoms. The number of carbonyl (C=O) groups is 1. The fourth-order valence-electron chi connectivity index (χ4n) is 1.71. The summed E-state index contributed by atoms with van der Waals surface area (Å²) < 4.78 is 0.767. The SMILES string of the molecule is O=C(NC(=S)Nc1ccc([N+](=O)[O-])cc1O)c1ccccc1I. The molecule has 0 aliphatic rings. The minimum atomic E-state index is -0.624. The van der Waals surface area contributed by atoms with Crippen LogP contribution in [0.25, 0.3) is 0 Å². The molecule has 1 amide bonds. The summed E-state index contributed by atoms with van der Waals surface area (Å²) in [6.07, 6.45) is 0. The molecule has 118 valence electrons. The average Bonchev–Trinajstić information content (AvgIpc) is 2.49. The molecular formula is C14H10IN3O4S. The standard InChI is InChI=1S/C14H10IN3O4S/c15-10-4-2-1-3-9(10)13(20)17-14(23)16-11-6-5-8(18(21)22)7-12(11)19/h1-7,19H,(H2,16,17,20,23). The van der Waals surface area contributed by atoms with Crippen LogP contribution in [0.15, 0.2) is 42.5 Å². The molecule has 7 nitrogen and oxygen atoms in total. The Bertz CT molecular complexity index is 797. The predicted molar refractivity (Wildman–Crippen MR) is 97.6 cm³/mol. The largest absolute Gasteiger partial charge is 0.506 e. The van der Waals surface area contributed by atoms with Crippen LogP contribution in [0.3, 0.4) is 0 Å². The molecule has 0 atom stereocenters. The van der Waals surface area contributed by atoms with Crippen molar-refractivity contribution in [1.29, 1.82) is 0 Å². The van der Waals surface area contributed by atoms with Gasteiger partial charge in [0.25, 0.3) is 11.6 Å². The number of aromatic hydroxyl groups is 1. The second-order valence-corrected chi connectivity index (χ2v) is 5.92. The highest BCUT2D eigenvalue weighted by Gasteiger charge is 2.14. The number of amides is 1. The topological polar surface area (TPSA) is 104 Å². The van der Waals surface area contributed by atoms with Crippen molar-refractivity contribution in [3.63, 3.8) is 0 Å². The number of phenols is 1. The fourth-order valence-corrected chi connectivity index (χ4v) is 2.54. The van der Waals surface area contributed by atoms with Crippen LogP contribution >= 0.6 is 34.8 Å². The molecule has 0 aromatic heterocycles. The highest BCUT2D eigenvalue weighted by Crippen LogP contribution is 2.27. The third-order valence-electron chi connectivity index (χ3n) is 2.79.